The minimum atomic E-state index is 0.504. The van der Waals surface area contributed by atoms with Crippen LogP contribution in [0.3, 0.4) is 0 Å². The highest BCUT2D eigenvalue weighted by Gasteiger charge is 2.05. The molecule has 2 heterocycles. The molecule has 4 N–H and O–H groups in total. The first-order valence-corrected chi connectivity index (χ1v) is 5.13. The van der Waals surface area contributed by atoms with Crippen LogP contribution in [0.2, 0.25) is 0 Å². The van der Waals surface area contributed by atoms with Crippen molar-refractivity contribution in [3.05, 3.63) is 35.9 Å². The number of fused-ring (bicyclic) bond motifs is 1. The average molecular weight is 212 g/mol. The first kappa shape index (κ1) is 9.03. The van der Waals surface area contributed by atoms with Crippen molar-refractivity contribution in [3.63, 3.8) is 0 Å². The van der Waals surface area contributed by atoms with Gasteiger partial charge in [-0.3, -0.25) is 5.10 Å². The van der Waals surface area contributed by atoms with Crippen LogP contribution in [0.4, 0.5) is 5.82 Å². The van der Waals surface area contributed by atoms with E-state index in [1.54, 1.807) is 0 Å². The molecule has 0 aliphatic heterocycles. The molecule has 80 valence electrons. The lowest BCUT2D eigenvalue weighted by Gasteiger charge is -1.91. The molecule has 0 aliphatic carbocycles. The third kappa shape index (κ3) is 1.35. The fourth-order valence-electron chi connectivity index (χ4n) is 1.86. The average Bonchev–Trinajstić information content (AvgIpc) is 2.83. The van der Waals surface area contributed by atoms with Crippen LogP contribution in [0.5, 0.6) is 0 Å². The van der Waals surface area contributed by atoms with E-state index in [0.29, 0.717) is 5.82 Å². The lowest BCUT2D eigenvalue weighted by Crippen LogP contribution is -1.81. The maximum atomic E-state index is 5.58. The minimum Gasteiger partial charge on any atom is -0.382 e. The van der Waals surface area contributed by atoms with Gasteiger partial charge in [-0.2, -0.15) is 5.10 Å². The van der Waals surface area contributed by atoms with Crippen LogP contribution in [-0.4, -0.2) is 15.2 Å². The van der Waals surface area contributed by atoms with E-state index in [0.717, 1.165) is 16.9 Å². The second-order valence-corrected chi connectivity index (χ2v) is 3.98. The summed E-state index contributed by atoms with van der Waals surface area (Å²) in [4.78, 5) is 3.34. The van der Waals surface area contributed by atoms with Crippen molar-refractivity contribution in [1.82, 2.24) is 15.2 Å². The number of nitrogens with zero attached hydrogens (tertiary/aromatic N) is 1. The molecule has 0 atom stereocenters. The Bertz CT molecular complexity index is 648. The zero-order valence-corrected chi connectivity index (χ0v) is 8.91. The molecule has 0 bridgehead atoms. The van der Waals surface area contributed by atoms with Crippen molar-refractivity contribution in [3.8, 4) is 11.4 Å². The first-order valence-electron chi connectivity index (χ1n) is 5.13. The number of aromatic nitrogens is 3. The molecule has 1 aromatic carbocycles. The summed E-state index contributed by atoms with van der Waals surface area (Å²) in [5.74, 6) is 0.504. The number of nitrogen functional groups attached to an aromatic ring is 1. The molecule has 16 heavy (non-hydrogen) atoms. The molecule has 0 saturated heterocycles. The number of nitrogens with two attached hydrogens (primary N) is 1. The number of benzene rings is 1. The quantitative estimate of drug-likeness (QED) is 0.579. The van der Waals surface area contributed by atoms with Crippen LogP contribution in [0.15, 0.2) is 30.3 Å². The number of H-pyrrole nitrogens is 2. The fourth-order valence-corrected chi connectivity index (χ4v) is 1.86. The summed E-state index contributed by atoms with van der Waals surface area (Å²) in [7, 11) is 0. The predicted molar refractivity (Wildman–Crippen MR) is 65.0 cm³/mol. The van der Waals surface area contributed by atoms with Gasteiger partial charge in [0.25, 0.3) is 0 Å². The number of rotatable bonds is 1. The number of nitrogens with one attached hydrogen (secondary N) is 2. The number of hydrogen-bond acceptors (Lipinski definition) is 2. The first-order chi connectivity index (χ1) is 7.72. The summed E-state index contributed by atoms with van der Waals surface area (Å²) in [5, 5.41) is 7.99. The summed E-state index contributed by atoms with van der Waals surface area (Å²) in [6.07, 6.45) is 0. The van der Waals surface area contributed by atoms with Gasteiger partial charge in [-0.15, -0.1) is 0 Å². The van der Waals surface area contributed by atoms with Crippen LogP contribution in [-0.2, 0) is 0 Å². The summed E-state index contributed by atoms with van der Waals surface area (Å²) in [6, 6.07) is 10.2. The lowest BCUT2D eigenvalue weighted by molar-refractivity contribution is 1.10. The smallest absolute Gasteiger partial charge is 0.145 e. The Labute approximate surface area is 92.5 Å². The Kier molecular flexibility index (Phi) is 1.77. The van der Waals surface area contributed by atoms with Crippen LogP contribution >= 0.6 is 0 Å². The van der Waals surface area contributed by atoms with E-state index in [2.05, 4.69) is 46.4 Å². The van der Waals surface area contributed by atoms with E-state index in [1.807, 2.05) is 6.07 Å². The van der Waals surface area contributed by atoms with Crippen molar-refractivity contribution in [1.29, 1.82) is 0 Å². The maximum Gasteiger partial charge on any atom is 0.145 e. The van der Waals surface area contributed by atoms with Gasteiger partial charge in [0, 0.05) is 17.0 Å². The van der Waals surface area contributed by atoms with E-state index in [1.165, 1.54) is 10.9 Å². The van der Waals surface area contributed by atoms with Gasteiger partial charge in [-0.25, -0.2) is 0 Å². The zero-order chi connectivity index (χ0) is 11.1. The van der Waals surface area contributed by atoms with Crippen LogP contribution < -0.4 is 5.73 Å². The molecule has 0 aliphatic rings. The third-order valence-corrected chi connectivity index (χ3v) is 2.67. The predicted octanol–water partition coefficient (Wildman–Crippen LogP) is 2.45. The number of anilines is 1. The Morgan fingerprint density at radius 3 is 2.75 bits per heavy atom. The summed E-state index contributed by atoms with van der Waals surface area (Å²) < 4.78 is 0. The molecule has 0 saturated carbocycles. The fraction of sp³-hybridized carbons (Fsp3) is 0.0833. The van der Waals surface area contributed by atoms with Gasteiger partial charge in [0.2, 0.25) is 0 Å². The highest BCUT2D eigenvalue weighted by Crippen LogP contribution is 2.24. The normalized spacial score (nSPS) is 11.1. The van der Waals surface area contributed by atoms with Crippen LogP contribution in [0.25, 0.3) is 22.3 Å². The molecule has 0 amide bonds. The highest BCUT2D eigenvalue weighted by molar-refractivity contribution is 5.85. The molecule has 0 fully saturated rings. The summed E-state index contributed by atoms with van der Waals surface area (Å²) in [5.41, 5.74) is 9.86. The maximum absolute atomic E-state index is 5.58. The van der Waals surface area contributed by atoms with Gasteiger partial charge in [0.05, 0.1) is 11.4 Å². The van der Waals surface area contributed by atoms with Gasteiger partial charge in [0.1, 0.15) is 5.82 Å². The highest BCUT2D eigenvalue weighted by atomic mass is 15.2. The van der Waals surface area contributed by atoms with Crippen molar-refractivity contribution < 1.29 is 0 Å². The van der Waals surface area contributed by atoms with E-state index in [9.17, 15) is 0 Å². The molecule has 0 radical (unpaired) electrons. The van der Waals surface area contributed by atoms with E-state index < -0.39 is 0 Å². The Balaban J connectivity index is 2.18. The molecule has 4 heteroatoms. The van der Waals surface area contributed by atoms with Gasteiger partial charge < -0.3 is 10.7 Å². The third-order valence-electron chi connectivity index (χ3n) is 2.67. The van der Waals surface area contributed by atoms with Crippen molar-refractivity contribution in [2.75, 3.05) is 5.73 Å². The van der Waals surface area contributed by atoms with Crippen LogP contribution in [0, 0.1) is 6.92 Å². The molecule has 0 spiro atoms. The molecule has 3 aromatic rings. The minimum absolute atomic E-state index is 0.504. The Morgan fingerprint density at radius 2 is 2.00 bits per heavy atom. The second-order valence-electron chi connectivity index (χ2n) is 3.98. The molecular formula is C12H12N4. The second kappa shape index (κ2) is 3.13. The standard InChI is InChI=1S/C12H12N4/c1-7-2-3-8-5-10(14-9(8)4-7)11-6-12(13)16-15-11/h2-6,14H,1H3,(H3,13,15,16). The van der Waals surface area contributed by atoms with Gasteiger partial charge in [0.15, 0.2) is 0 Å². The lowest BCUT2D eigenvalue weighted by atomic mass is 10.2. The van der Waals surface area contributed by atoms with Gasteiger partial charge in [-0.05, 0) is 24.6 Å². The molecule has 3 rings (SSSR count). The van der Waals surface area contributed by atoms with Crippen molar-refractivity contribution >= 4 is 16.7 Å². The van der Waals surface area contributed by atoms with Gasteiger partial charge >= 0.3 is 0 Å². The van der Waals surface area contributed by atoms with E-state index in [4.69, 9.17) is 5.73 Å². The van der Waals surface area contributed by atoms with Crippen molar-refractivity contribution in [2.45, 2.75) is 6.92 Å². The van der Waals surface area contributed by atoms with E-state index >= 15 is 0 Å². The number of hydrogen-bond donors (Lipinski definition) is 3. The Morgan fingerprint density at radius 1 is 1.12 bits per heavy atom. The number of aryl methyl sites for hydroxylation is 1. The SMILES string of the molecule is Cc1ccc2cc(-c3cc(N)n[nH]3)[nH]c2c1. The van der Waals surface area contributed by atoms with Crippen molar-refractivity contribution in [2.24, 2.45) is 0 Å². The number of aromatic amines is 2. The molecule has 0 unspecified atom stereocenters. The zero-order valence-electron chi connectivity index (χ0n) is 8.91. The topological polar surface area (TPSA) is 70.5 Å². The molecule has 2 aromatic heterocycles. The van der Waals surface area contributed by atoms with E-state index in [-0.39, 0.29) is 0 Å². The largest absolute Gasteiger partial charge is 0.382 e. The van der Waals surface area contributed by atoms with Crippen LogP contribution in [0.1, 0.15) is 5.56 Å². The summed E-state index contributed by atoms with van der Waals surface area (Å²) in [6.45, 7) is 2.08. The summed E-state index contributed by atoms with van der Waals surface area (Å²) >= 11 is 0. The molecule has 4 nitrogen and oxygen atoms in total. The molecular weight excluding hydrogens is 200 g/mol. The monoisotopic (exact) mass is 212 g/mol. The van der Waals surface area contributed by atoms with Gasteiger partial charge in [-0.1, -0.05) is 12.1 Å². The Hall–Kier alpha value is -2.23.